The number of benzene rings is 2. The number of halogens is 2. The number of allylic oxidation sites excluding steroid dienone is 1. The molecule has 1 aliphatic heterocycles. The molecule has 6 nitrogen and oxygen atoms in total. The molecule has 0 fully saturated rings. The molecule has 0 radical (unpaired) electrons. The number of methoxy groups -OCH3 is 1. The molecule has 2 aromatic carbocycles. The van der Waals surface area contributed by atoms with E-state index in [2.05, 4.69) is 27.3 Å². The molecule has 0 aromatic heterocycles. The predicted octanol–water partition coefficient (Wildman–Crippen LogP) is 4.65. The second-order valence-corrected chi connectivity index (χ2v) is 8.93. The molecule has 1 N–H and O–H groups in total. The highest BCUT2D eigenvalue weighted by atomic mass is 79.9. The Morgan fingerprint density at radius 1 is 1.29 bits per heavy atom. The van der Waals surface area contributed by atoms with E-state index in [4.69, 9.17) is 21.1 Å². The monoisotopic (exact) mass is 520 g/mol. The van der Waals surface area contributed by atoms with Crippen LogP contribution in [0.1, 0.15) is 11.5 Å². The van der Waals surface area contributed by atoms with E-state index in [0.29, 0.717) is 39.3 Å². The quantitative estimate of drug-likeness (QED) is 0.324. The fourth-order valence-corrected chi connectivity index (χ4v) is 4.72. The summed E-state index contributed by atoms with van der Waals surface area (Å²) in [6.07, 6.45) is 0. The van der Waals surface area contributed by atoms with Gasteiger partial charge in [-0.05, 0) is 29.8 Å². The van der Waals surface area contributed by atoms with Crippen molar-refractivity contribution >= 4 is 51.2 Å². The topological polar surface area (TPSA) is 88.4 Å². The van der Waals surface area contributed by atoms with Gasteiger partial charge in [-0.1, -0.05) is 51.8 Å². The maximum absolute atomic E-state index is 12.8. The van der Waals surface area contributed by atoms with Crippen LogP contribution in [-0.2, 0) is 14.3 Å². The molecule has 0 saturated carbocycles. The summed E-state index contributed by atoms with van der Waals surface area (Å²) in [4.78, 5) is 25.2. The molecule has 0 aliphatic carbocycles. The fourth-order valence-electron chi connectivity index (χ4n) is 3.24. The largest absolute Gasteiger partial charge is 0.491 e. The molecule has 2 atom stereocenters. The number of nitrogens with one attached hydrogen (secondary N) is 1. The molecule has 1 amide bonds. The van der Waals surface area contributed by atoms with Gasteiger partial charge in [0.25, 0.3) is 0 Å². The minimum absolute atomic E-state index is 0.302. The molecule has 0 spiro atoms. The average Bonchev–Trinajstić information content (AvgIpc) is 2.76. The van der Waals surface area contributed by atoms with Crippen LogP contribution in [0.25, 0.3) is 0 Å². The number of nitriles is 1. The van der Waals surface area contributed by atoms with E-state index in [9.17, 15) is 14.9 Å². The van der Waals surface area contributed by atoms with E-state index in [1.54, 1.807) is 30.3 Å². The van der Waals surface area contributed by atoms with Gasteiger partial charge in [0.2, 0.25) is 5.91 Å². The van der Waals surface area contributed by atoms with Crippen molar-refractivity contribution in [2.24, 2.45) is 5.92 Å². The summed E-state index contributed by atoms with van der Waals surface area (Å²) in [6, 6.07) is 16.5. The number of carbonyl (C=O) groups is 2. The van der Waals surface area contributed by atoms with Gasteiger partial charge in [-0.2, -0.15) is 5.26 Å². The van der Waals surface area contributed by atoms with Crippen molar-refractivity contribution in [2.75, 3.05) is 19.5 Å². The van der Waals surface area contributed by atoms with E-state index < -0.39 is 23.7 Å². The molecule has 2 aromatic rings. The van der Waals surface area contributed by atoms with E-state index >= 15 is 0 Å². The van der Waals surface area contributed by atoms with Crippen molar-refractivity contribution in [3.63, 3.8) is 0 Å². The first-order valence-electron chi connectivity index (χ1n) is 9.24. The Hall–Kier alpha value is -2.47. The van der Waals surface area contributed by atoms with Crippen molar-refractivity contribution in [1.82, 2.24) is 5.32 Å². The maximum atomic E-state index is 12.8. The Balaban J connectivity index is 1.85. The van der Waals surface area contributed by atoms with Crippen LogP contribution in [0.2, 0.25) is 5.02 Å². The average molecular weight is 522 g/mol. The number of ether oxygens (including phenoxy) is 2. The minimum atomic E-state index is -1.15. The molecule has 9 heteroatoms. The summed E-state index contributed by atoms with van der Waals surface area (Å²) in [5.41, 5.74) is 0.970. The maximum Gasteiger partial charge on any atom is 0.319 e. The Morgan fingerprint density at radius 2 is 2.06 bits per heavy atom. The number of nitrogens with zero attached hydrogens (tertiary/aromatic N) is 1. The molecule has 0 saturated heterocycles. The Bertz CT molecular complexity index is 1070. The SMILES string of the molecule is COC(=O)[C@H]1C(=O)NC(SCCOc2ccccc2Cl)=C(C#N)[C@H]1c1cccc(Br)c1. The van der Waals surface area contributed by atoms with Gasteiger partial charge in [0.05, 0.1) is 35.4 Å². The van der Waals surface area contributed by atoms with Crippen LogP contribution in [0, 0.1) is 17.2 Å². The van der Waals surface area contributed by atoms with Crippen LogP contribution in [-0.4, -0.2) is 31.3 Å². The van der Waals surface area contributed by atoms with Gasteiger partial charge in [-0.3, -0.25) is 9.59 Å². The van der Waals surface area contributed by atoms with Crippen LogP contribution in [0.4, 0.5) is 0 Å². The summed E-state index contributed by atoms with van der Waals surface area (Å²) < 4.78 is 11.3. The summed E-state index contributed by atoms with van der Waals surface area (Å²) in [6.45, 7) is 0.314. The van der Waals surface area contributed by atoms with Crippen molar-refractivity contribution in [3.05, 3.63) is 74.2 Å². The molecule has 1 aliphatic rings. The molecule has 0 bridgehead atoms. The van der Waals surface area contributed by atoms with E-state index in [1.807, 2.05) is 18.2 Å². The number of carbonyl (C=O) groups excluding carboxylic acids is 2. The van der Waals surface area contributed by atoms with Gasteiger partial charge in [0.1, 0.15) is 11.7 Å². The summed E-state index contributed by atoms with van der Waals surface area (Å²) >= 11 is 10.8. The van der Waals surface area contributed by atoms with Crippen molar-refractivity contribution < 1.29 is 19.1 Å². The van der Waals surface area contributed by atoms with Gasteiger partial charge in [-0.15, -0.1) is 11.8 Å². The Labute approximate surface area is 197 Å². The number of rotatable bonds is 7. The molecule has 160 valence electrons. The standard InChI is InChI=1S/C22H18BrClN2O4S/c1-29-22(28)19-18(13-5-4-6-14(23)11-13)15(12-25)21(26-20(19)27)31-10-9-30-17-8-3-2-7-16(17)24/h2-8,11,18-19H,9-10H2,1H3,(H,26,27)/t18-,19-/m1/s1. The second-order valence-electron chi connectivity index (χ2n) is 6.50. The number of amides is 1. The number of thioether (sulfide) groups is 1. The van der Waals surface area contributed by atoms with Crippen LogP contribution in [0.3, 0.4) is 0 Å². The first-order valence-corrected chi connectivity index (χ1v) is 11.4. The molecule has 1 heterocycles. The van der Waals surface area contributed by atoms with Crippen LogP contribution >= 0.6 is 39.3 Å². The van der Waals surface area contributed by atoms with E-state index in [-0.39, 0.29) is 0 Å². The summed E-state index contributed by atoms with van der Waals surface area (Å²) in [5, 5.41) is 13.5. The van der Waals surface area contributed by atoms with Crippen molar-refractivity contribution in [3.8, 4) is 11.8 Å². The normalized spacial score (nSPS) is 18.2. The number of para-hydroxylation sites is 1. The van der Waals surface area contributed by atoms with Gasteiger partial charge in [-0.25, -0.2) is 0 Å². The van der Waals surface area contributed by atoms with Gasteiger partial charge in [0, 0.05) is 16.1 Å². The third kappa shape index (κ3) is 5.42. The number of esters is 1. The van der Waals surface area contributed by atoms with Crippen molar-refractivity contribution in [1.29, 1.82) is 5.26 Å². The first kappa shape index (κ1) is 23.2. The smallest absolute Gasteiger partial charge is 0.319 e. The molecular formula is C22H18BrClN2O4S. The van der Waals surface area contributed by atoms with Gasteiger partial charge in [0.15, 0.2) is 0 Å². The highest BCUT2D eigenvalue weighted by Crippen LogP contribution is 2.40. The molecule has 31 heavy (non-hydrogen) atoms. The molecule has 3 rings (SSSR count). The lowest BCUT2D eigenvalue weighted by Crippen LogP contribution is -2.44. The predicted molar refractivity (Wildman–Crippen MR) is 123 cm³/mol. The van der Waals surface area contributed by atoms with Crippen LogP contribution in [0.5, 0.6) is 5.75 Å². The van der Waals surface area contributed by atoms with E-state index in [0.717, 1.165) is 4.47 Å². The highest BCUT2D eigenvalue weighted by Gasteiger charge is 2.44. The highest BCUT2D eigenvalue weighted by molar-refractivity contribution is 9.10. The molecule has 0 unspecified atom stereocenters. The Kier molecular flexibility index (Phi) is 8.02. The zero-order valence-electron chi connectivity index (χ0n) is 16.4. The number of hydrogen-bond acceptors (Lipinski definition) is 6. The van der Waals surface area contributed by atoms with Crippen molar-refractivity contribution in [2.45, 2.75) is 5.92 Å². The second kappa shape index (κ2) is 10.7. The Morgan fingerprint density at radius 3 is 2.74 bits per heavy atom. The zero-order chi connectivity index (χ0) is 22.4. The van der Waals surface area contributed by atoms with Crippen LogP contribution < -0.4 is 10.1 Å². The van der Waals surface area contributed by atoms with E-state index in [1.165, 1.54) is 18.9 Å². The lowest BCUT2D eigenvalue weighted by atomic mass is 9.78. The molecular weight excluding hydrogens is 504 g/mol. The summed E-state index contributed by atoms with van der Waals surface area (Å²) in [7, 11) is 1.22. The fraction of sp³-hybridized carbons (Fsp3) is 0.227. The van der Waals surface area contributed by atoms with Crippen LogP contribution in [0.15, 0.2) is 63.6 Å². The van der Waals surface area contributed by atoms with Gasteiger partial charge < -0.3 is 14.8 Å². The first-order chi connectivity index (χ1) is 15.0. The zero-order valence-corrected chi connectivity index (χ0v) is 19.6. The lowest BCUT2D eigenvalue weighted by Gasteiger charge is -2.31. The third-order valence-corrected chi connectivity index (χ3v) is 6.40. The summed E-state index contributed by atoms with van der Waals surface area (Å²) in [5.74, 6) is -2.09. The lowest BCUT2D eigenvalue weighted by molar-refractivity contribution is -0.150. The van der Waals surface area contributed by atoms with Gasteiger partial charge >= 0.3 is 5.97 Å². The third-order valence-electron chi connectivity index (χ3n) is 4.62. The minimum Gasteiger partial charge on any atom is -0.491 e. The number of hydrogen-bond donors (Lipinski definition) is 1.